The van der Waals surface area contributed by atoms with E-state index in [9.17, 15) is 19.2 Å². The van der Waals surface area contributed by atoms with E-state index in [2.05, 4.69) is 107 Å². The van der Waals surface area contributed by atoms with Gasteiger partial charge in [0.25, 0.3) is 0 Å². The van der Waals surface area contributed by atoms with E-state index in [4.69, 9.17) is 36.8 Å². The highest BCUT2D eigenvalue weighted by molar-refractivity contribution is 8.00. The van der Waals surface area contributed by atoms with Crippen molar-refractivity contribution >= 4 is 70.4 Å². The van der Waals surface area contributed by atoms with Crippen LogP contribution < -0.4 is 9.64 Å². The van der Waals surface area contributed by atoms with Crippen LogP contribution in [0.15, 0.2) is 142 Å². The molecule has 6 rings (SSSR count). The van der Waals surface area contributed by atoms with Crippen LogP contribution in [-0.2, 0) is 25.7 Å². The van der Waals surface area contributed by atoms with Crippen molar-refractivity contribution < 1.29 is 44.3 Å². The molecule has 4 aromatic rings. The number of thioether (sulfide) groups is 1. The molecule has 0 amide bonds. The highest BCUT2D eigenvalue weighted by Gasteiger charge is 2.24. The number of likely N-dealkylation sites (N-methyl/N-ethyl adjacent to an activating group) is 1. The third kappa shape index (κ3) is 20.9. The number of piperazine rings is 1. The zero-order valence-electron chi connectivity index (χ0n) is 36.5. The van der Waals surface area contributed by atoms with Crippen molar-refractivity contribution in [1.82, 2.24) is 14.7 Å². The smallest absolute Gasteiger partial charge is 0.328 e. The van der Waals surface area contributed by atoms with E-state index in [1.807, 2.05) is 59.9 Å². The quantitative estimate of drug-likeness (QED) is 0.0424. The second-order valence-corrected chi connectivity index (χ2v) is 17.2. The number of benzene rings is 4. The van der Waals surface area contributed by atoms with Gasteiger partial charge in [0.2, 0.25) is 0 Å². The van der Waals surface area contributed by atoms with Gasteiger partial charge in [-0.1, -0.05) is 79.3 Å². The lowest BCUT2D eigenvalue weighted by atomic mass is 10.2. The highest BCUT2D eigenvalue weighted by atomic mass is 35.5. The third-order valence-corrected chi connectivity index (χ3v) is 11.7. The molecule has 64 heavy (non-hydrogen) atoms. The Hall–Kier alpha value is -5.29. The van der Waals surface area contributed by atoms with Gasteiger partial charge in [-0.2, -0.15) is 0 Å². The third-order valence-electron chi connectivity index (χ3n) is 9.56. The van der Waals surface area contributed by atoms with E-state index in [1.54, 1.807) is 0 Å². The van der Waals surface area contributed by atoms with Crippen LogP contribution in [0.3, 0.4) is 0 Å². The summed E-state index contributed by atoms with van der Waals surface area (Å²) >= 11 is 9.78. The molecule has 16 heteroatoms. The van der Waals surface area contributed by atoms with Crippen LogP contribution in [0.25, 0.3) is 0 Å². The van der Waals surface area contributed by atoms with Gasteiger partial charge < -0.3 is 39.9 Å². The number of rotatable bonds is 18. The summed E-state index contributed by atoms with van der Waals surface area (Å²) in [5, 5.41) is 31.2. The maximum Gasteiger partial charge on any atom is 0.328 e. The van der Waals surface area contributed by atoms with Crippen LogP contribution in [0.4, 0.5) is 11.4 Å². The summed E-state index contributed by atoms with van der Waals surface area (Å²) in [5.74, 6) is -2.37. The number of alkyl halides is 1. The van der Waals surface area contributed by atoms with Gasteiger partial charge in [0.15, 0.2) is 0 Å². The number of hydrogen-bond donors (Lipinski definition) is 4. The second kappa shape index (κ2) is 30.0. The molecule has 0 bridgehead atoms. The molecule has 1 unspecified atom stereocenters. The number of ether oxygens (including phenoxy) is 1. The molecule has 344 valence electrons. The topological polar surface area (TPSA) is 171 Å². The predicted octanol–water partition coefficient (Wildman–Crippen LogP) is 8.66. The van der Waals surface area contributed by atoms with E-state index in [0.29, 0.717) is 42.8 Å². The van der Waals surface area contributed by atoms with Gasteiger partial charge in [0, 0.05) is 96.7 Å². The first kappa shape index (κ1) is 53.1. The lowest BCUT2D eigenvalue weighted by Crippen LogP contribution is -2.45. The average Bonchev–Trinajstić information content (AvgIpc) is 3.28. The number of carboxylic acids is 4. The molecule has 0 radical (unpaired) electrons. The number of carbonyl (C=O) groups is 4. The summed E-state index contributed by atoms with van der Waals surface area (Å²) in [4.78, 5) is 52.3. The maximum atomic E-state index is 9.55. The molecule has 2 aliphatic rings. The van der Waals surface area contributed by atoms with E-state index in [-0.39, 0.29) is 0 Å². The van der Waals surface area contributed by atoms with Gasteiger partial charge in [-0.15, -0.1) is 23.4 Å². The Kier molecular flexibility index (Phi) is 24.8. The summed E-state index contributed by atoms with van der Waals surface area (Å²) < 4.78 is 5.85. The molecule has 1 atom stereocenters. The zero-order valence-corrected chi connectivity index (χ0v) is 38.9. The molecule has 4 N–H and O–H groups in total. The molecule has 2 heterocycles. The van der Waals surface area contributed by atoms with Crippen molar-refractivity contribution in [3.63, 3.8) is 0 Å². The molecule has 0 aromatic heterocycles. The molecule has 0 spiro atoms. The largest absolute Gasteiger partial charge is 0.492 e. The van der Waals surface area contributed by atoms with E-state index in [0.717, 1.165) is 31.1 Å². The molecule has 2 aliphatic heterocycles. The minimum Gasteiger partial charge on any atom is -0.492 e. The Bertz CT molecular complexity index is 2020. The van der Waals surface area contributed by atoms with Gasteiger partial charge in [-0.3, -0.25) is 4.90 Å². The monoisotopic (exact) mass is 934 g/mol. The number of carboxylic acid groups (broad SMARTS) is 4. The van der Waals surface area contributed by atoms with Gasteiger partial charge in [-0.05, 0) is 80.7 Å². The number of hydrogen-bond acceptors (Lipinski definition) is 11. The van der Waals surface area contributed by atoms with Crippen molar-refractivity contribution in [2.45, 2.75) is 47.5 Å². The van der Waals surface area contributed by atoms with Crippen molar-refractivity contribution in [3.8, 4) is 5.75 Å². The summed E-state index contributed by atoms with van der Waals surface area (Å²) in [6.45, 7) is 13.9. The van der Waals surface area contributed by atoms with E-state index >= 15 is 0 Å². The molecule has 0 aliphatic carbocycles. The van der Waals surface area contributed by atoms with Crippen molar-refractivity contribution in [2.75, 3.05) is 76.0 Å². The number of aliphatic carboxylic acids is 4. The second-order valence-electron chi connectivity index (χ2n) is 14.4. The lowest BCUT2D eigenvalue weighted by molar-refractivity contribution is -0.134. The van der Waals surface area contributed by atoms with Crippen LogP contribution in [0.1, 0.15) is 25.8 Å². The van der Waals surface area contributed by atoms with Crippen LogP contribution in [0.5, 0.6) is 5.75 Å². The molecular formula is C48H59ClN4O9S2. The first-order valence-electron chi connectivity index (χ1n) is 20.8. The minimum absolute atomic E-state index is 0.309. The molecule has 4 aromatic carbocycles. The molecular weight excluding hydrogens is 876 g/mol. The van der Waals surface area contributed by atoms with E-state index < -0.39 is 23.9 Å². The normalized spacial score (nSPS) is 13.9. The summed E-state index contributed by atoms with van der Waals surface area (Å²) in [6, 6.07) is 36.5. The van der Waals surface area contributed by atoms with Crippen molar-refractivity contribution in [2.24, 2.45) is 0 Å². The Balaban J connectivity index is 0.000000259. The number of anilines is 2. The van der Waals surface area contributed by atoms with E-state index in [1.165, 1.54) is 70.8 Å². The first-order chi connectivity index (χ1) is 30.8. The first-order valence-corrected chi connectivity index (χ1v) is 23.1. The molecule has 13 nitrogen and oxygen atoms in total. The minimum atomic E-state index is -1.26. The van der Waals surface area contributed by atoms with Crippen LogP contribution in [0.2, 0.25) is 0 Å². The highest BCUT2D eigenvalue weighted by Crippen LogP contribution is 2.49. The number of fused-ring (bicyclic) bond motifs is 2. The lowest BCUT2D eigenvalue weighted by Gasteiger charge is -2.35. The van der Waals surface area contributed by atoms with Crippen molar-refractivity contribution in [3.05, 3.63) is 133 Å². The summed E-state index contributed by atoms with van der Waals surface area (Å²) in [6.07, 6.45) is 3.43. The molecule has 1 saturated heterocycles. The van der Waals surface area contributed by atoms with Gasteiger partial charge in [0.1, 0.15) is 12.4 Å². The summed E-state index contributed by atoms with van der Waals surface area (Å²) in [7, 11) is 2.22. The van der Waals surface area contributed by atoms with Crippen LogP contribution >= 0.6 is 35.1 Å². The predicted molar refractivity (Wildman–Crippen MR) is 257 cm³/mol. The molecule has 0 saturated carbocycles. The number of para-hydroxylation sites is 2. The fraction of sp³-hybridized carbons (Fsp3) is 0.333. The Morgan fingerprint density at radius 2 is 1.30 bits per heavy atom. The van der Waals surface area contributed by atoms with Gasteiger partial charge in [0.05, 0.1) is 11.4 Å². The standard InChI is InChI=1S/C22H29N3S2.C18H22ClNO.2C4H4O4/c1-3-26-18-9-10-22-20(17-18)25(19-7-4-5-8-21(19)27-22)12-6-11-24-15-13-23(2)14-16-24;1-16(15-21-18-10-6-3-7-11-18)20(13-12-19)14-17-8-4-2-5-9-17;2*5-3(6)1-2-4(7)8/h4-5,7-10,17H,3,6,11-16H2,1-2H3;2-11,16H,12-15H2,1H3;2*1-2H,(H,5,6)(H,7,8)/b;;2*2-1-. The maximum absolute atomic E-state index is 9.55. The molecule has 1 fully saturated rings. The fourth-order valence-corrected chi connectivity index (χ4v) is 8.32. The average molecular weight is 936 g/mol. The zero-order chi connectivity index (χ0) is 46.7. The van der Waals surface area contributed by atoms with Gasteiger partial charge in [-0.25, -0.2) is 19.2 Å². The number of halogens is 1. The van der Waals surface area contributed by atoms with Gasteiger partial charge >= 0.3 is 23.9 Å². The van der Waals surface area contributed by atoms with Crippen molar-refractivity contribution in [1.29, 1.82) is 0 Å². The van der Waals surface area contributed by atoms with Crippen LogP contribution in [0, 0.1) is 0 Å². The Morgan fingerprint density at radius 3 is 1.86 bits per heavy atom. The SMILES string of the molecule is CC(COc1ccccc1)N(CCCl)Cc1ccccc1.CCSc1ccc2c(c1)N(CCCN1CCN(C)CC1)c1ccccc1S2.O=C(O)/C=C\C(=O)O.O=C(O)/C=C\C(=O)O. The number of nitrogens with zero attached hydrogens (tertiary/aromatic N) is 4. The fourth-order valence-electron chi connectivity index (χ4n) is 6.34. The summed E-state index contributed by atoms with van der Waals surface area (Å²) in [5.41, 5.74) is 4.05. The van der Waals surface area contributed by atoms with Crippen LogP contribution in [-0.4, -0.2) is 136 Å². The Morgan fingerprint density at radius 1 is 0.750 bits per heavy atom. The Labute approximate surface area is 390 Å².